The largest absolute Gasteiger partial charge is 0.455 e. The second-order valence-corrected chi connectivity index (χ2v) is 31.1. The number of hydrogen-bond donors (Lipinski definition) is 0. The van der Waals surface area contributed by atoms with Crippen LogP contribution in [0.1, 0.15) is 0 Å². The van der Waals surface area contributed by atoms with Gasteiger partial charge in [-0.15, -0.1) is 0 Å². The van der Waals surface area contributed by atoms with Gasteiger partial charge in [0.1, 0.15) is 22.3 Å². The monoisotopic (exact) mass is 1580 g/mol. The Bertz CT molecular complexity index is 8170. The molecule has 0 radical (unpaired) electrons. The van der Waals surface area contributed by atoms with Crippen molar-refractivity contribution in [1.82, 2.24) is 39.0 Å². The van der Waals surface area contributed by atoms with E-state index in [-0.39, 0.29) is 0 Å². The van der Waals surface area contributed by atoms with Crippen LogP contribution in [-0.4, -0.2) is 39.0 Å². The minimum absolute atomic E-state index is 0.590. The third-order valence-electron chi connectivity index (χ3n) is 23.8. The average Bonchev–Trinajstić information content (AvgIpc) is 1.56. The van der Waals surface area contributed by atoms with E-state index in [0.29, 0.717) is 34.9 Å². The molecule has 10 heteroatoms. The van der Waals surface area contributed by atoms with E-state index in [0.717, 1.165) is 182 Å². The summed E-state index contributed by atoms with van der Waals surface area (Å²) in [6.07, 6.45) is 0. The Morgan fingerprint density at radius 2 is 0.435 bits per heavy atom. The van der Waals surface area contributed by atoms with Gasteiger partial charge < -0.3 is 18.0 Å². The van der Waals surface area contributed by atoms with Crippen LogP contribution in [0.25, 0.3) is 234 Å². The highest BCUT2D eigenvalue weighted by Crippen LogP contribution is 2.48. The first kappa shape index (κ1) is 72.4. The van der Waals surface area contributed by atoms with E-state index in [9.17, 15) is 0 Å². The molecule has 580 valence electrons. The molecule has 6 heterocycles. The number of benzene rings is 18. The van der Waals surface area contributed by atoms with Crippen LogP contribution in [0.4, 0.5) is 0 Å². The van der Waals surface area contributed by atoms with Gasteiger partial charge in [-0.05, 0) is 122 Å². The molecule has 24 rings (SSSR count). The van der Waals surface area contributed by atoms with Gasteiger partial charge in [0.25, 0.3) is 0 Å². The minimum atomic E-state index is 0.590. The molecule has 18 aromatic carbocycles. The van der Waals surface area contributed by atoms with Crippen molar-refractivity contribution in [2.24, 2.45) is 0 Å². The number of fused-ring (bicyclic) bond motifs is 14. The van der Waals surface area contributed by atoms with Crippen LogP contribution in [0.5, 0.6) is 0 Å². The third-order valence-corrected chi connectivity index (χ3v) is 23.8. The highest BCUT2D eigenvalue weighted by Gasteiger charge is 2.27. The fourth-order valence-electron chi connectivity index (χ4n) is 17.9. The lowest BCUT2D eigenvalue weighted by atomic mass is 9.97. The van der Waals surface area contributed by atoms with Crippen LogP contribution in [0, 0.1) is 0 Å². The molecule has 0 spiro atoms. The molecule has 0 bridgehead atoms. The molecular formula is C114H72N8O2. The molecule has 0 unspecified atom stereocenters. The lowest BCUT2D eigenvalue weighted by Crippen LogP contribution is -2.03. The smallest absolute Gasteiger partial charge is 0.166 e. The second kappa shape index (κ2) is 30.8. The van der Waals surface area contributed by atoms with E-state index in [2.05, 4.69) is 367 Å². The van der Waals surface area contributed by atoms with Crippen molar-refractivity contribution < 1.29 is 8.83 Å². The van der Waals surface area contributed by atoms with Crippen molar-refractivity contribution in [1.29, 1.82) is 0 Å². The van der Waals surface area contributed by atoms with Crippen molar-refractivity contribution in [3.8, 4) is 146 Å². The molecule has 6 aromatic heterocycles. The molecule has 0 aliphatic rings. The van der Waals surface area contributed by atoms with Gasteiger partial charge in [0.15, 0.2) is 34.9 Å². The molecule has 0 saturated carbocycles. The number of nitrogens with zero attached hydrogens (tertiary/aromatic N) is 8. The molecule has 0 amide bonds. The molecule has 0 atom stereocenters. The Morgan fingerprint density at radius 1 is 0.169 bits per heavy atom. The van der Waals surface area contributed by atoms with E-state index in [1.54, 1.807) is 0 Å². The first-order valence-corrected chi connectivity index (χ1v) is 41.7. The summed E-state index contributed by atoms with van der Waals surface area (Å²) in [5.74, 6) is 3.63. The SMILES string of the molecule is c1ccc(-c2ccc(-c3nc(-c4ccccc4)nc(-c4ccccc4-n4c5ccccc5c5ccc6oc7c(-c8ccc(-c9ccccc9)cc8)cccc7c6c54)n3)cc2)cc1.c1ccc(-c2ccc(-c3nc(-c4ccccc4)nc(-c4ccccc4-n4c5ccccc5c5ccc6oc7c(-c8cccc(-c9ccccc9)c8)cccc7c6c54)n3)cc2)cc1. The number of hydrogen-bond acceptors (Lipinski definition) is 8. The van der Waals surface area contributed by atoms with E-state index in [1.807, 2.05) is 78.9 Å². The maximum atomic E-state index is 6.91. The van der Waals surface area contributed by atoms with E-state index >= 15 is 0 Å². The molecule has 0 fully saturated rings. The molecule has 0 aliphatic carbocycles. The third kappa shape index (κ3) is 12.9. The Labute approximate surface area is 713 Å². The van der Waals surface area contributed by atoms with Crippen LogP contribution in [0.3, 0.4) is 0 Å². The summed E-state index contributed by atoms with van der Waals surface area (Å²) in [6.45, 7) is 0. The zero-order chi connectivity index (χ0) is 82.0. The van der Waals surface area contributed by atoms with Crippen molar-refractivity contribution in [2.75, 3.05) is 0 Å². The quantitative estimate of drug-likeness (QED) is 0.106. The molecule has 0 saturated heterocycles. The molecule has 0 aliphatic heterocycles. The summed E-state index contributed by atoms with van der Waals surface area (Å²) in [5.41, 5.74) is 28.7. The summed E-state index contributed by atoms with van der Waals surface area (Å²) in [4.78, 5) is 31.1. The zero-order valence-corrected chi connectivity index (χ0v) is 67.0. The molecule has 24 aromatic rings. The lowest BCUT2D eigenvalue weighted by Gasteiger charge is -2.15. The Balaban J connectivity index is 0.000000143. The van der Waals surface area contributed by atoms with E-state index in [1.165, 1.54) is 16.7 Å². The van der Waals surface area contributed by atoms with Gasteiger partial charge in [-0.1, -0.05) is 370 Å². The lowest BCUT2D eigenvalue weighted by molar-refractivity contribution is 0.670. The van der Waals surface area contributed by atoms with Crippen molar-refractivity contribution >= 4 is 87.5 Å². The van der Waals surface area contributed by atoms with Crippen LogP contribution < -0.4 is 0 Å². The molecule has 10 nitrogen and oxygen atoms in total. The van der Waals surface area contributed by atoms with Crippen molar-refractivity contribution in [3.05, 3.63) is 437 Å². The van der Waals surface area contributed by atoms with Gasteiger partial charge in [-0.25, -0.2) is 29.9 Å². The van der Waals surface area contributed by atoms with E-state index < -0.39 is 0 Å². The average molecular weight is 1590 g/mol. The fourth-order valence-corrected chi connectivity index (χ4v) is 17.9. The van der Waals surface area contributed by atoms with Gasteiger partial charge in [0.2, 0.25) is 0 Å². The predicted molar refractivity (Wildman–Crippen MR) is 508 cm³/mol. The van der Waals surface area contributed by atoms with E-state index in [4.69, 9.17) is 38.7 Å². The zero-order valence-electron chi connectivity index (χ0n) is 67.0. The Kier molecular flexibility index (Phi) is 18.0. The van der Waals surface area contributed by atoms with Crippen LogP contribution >= 0.6 is 0 Å². The Morgan fingerprint density at radius 3 is 0.839 bits per heavy atom. The van der Waals surface area contributed by atoms with Gasteiger partial charge in [-0.3, -0.25) is 0 Å². The summed E-state index contributed by atoms with van der Waals surface area (Å²) in [5, 5.41) is 8.83. The van der Waals surface area contributed by atoms with Crippen LogP contribution in [-0.2, 0) is 0 Å². The standard InChI is InChI=1S/2C57H36N4O/c1-4-16-37(17-5-1)39-30-32-41(33-31-39)56-58-55(40-20-8-3-9-21-40)59-57(60-56)47-25-11-13-29-50(47)61-49-28-12-10-24-45(49)46-34-35-51-52(53(46)61)48-27-15-26-44(54(48)62-51)43-23-14-22-42(36-43)38-18-6-2-7-19-38;1-4-15-37(16-5-1)39-27-31-41(32-28-39)44-23-14-24-48-52-51(62-54(44)48)36-35-46-45-21-10-12-25-49(45)61(53(46)52)50-26-13-11-22-47(50)57-59-55(42-19-8-3-9-20-42)58-56(60-57)43-33-29-40(30-34-43)38-17-6-2-7-18-38/h2*1-36H. The predicted octanol–water partition coefficient (Wildman–Crippen LogP) is 29.7. The van der Waals surface area contributed by atoms with Crippen molar-refractivity contribution in [2.45, 2.75) is 0 Å². The summed E-state index contributed by atoms with van der Waals surface area (Å²) in [6, 6.07) is 152. The summed E-state index contributed by atoms with van der Waals surface area (Å²) < 4.78 is 18.5. The first-order chi connectivity index (χ1) is 61.5. The maximum Gasteiger partial charge on any atom is 0.166 e. The van der Waals surface area contributed by atoms with Crippen LogP contribution in [0.15, 0.2) is 446 Å². The maximum absolute atomic E-state index is 6.91. The molecular weight excluding hydrogens is 1510 g/mol. The van der Waals surface area contributed by atoms with Crippen LogP contribution in [0.2, 0.25) is 0 Å². The topological polar surface area (TPSA) is 113 Å². The number of para-hydroxylation sites is 6. The highest BCUT2D eigenvalue weighted by molar-refractivity contribution is 6.27. The van der Waals surface area contributed by atoms with Gasteiger partial charge in [0.05, 0.1) is 44.2 Å². The first-order valence-electron chi connectivity index (χ1n) is 41.7. The van der Waals surface area contributed by atoms with Gasteiger partial charge in [0, 0.05) is 76.8 Å². The Hall–Kier alpha value is -16.8. The number of furan rings is 2. The minimum Gasteiger partial charge on any atom is -0.455 e. The normalized spacial score (nSPS) is 11.5. The van der Waals surface area contributed by atoms with Gasteiger partial charge in [-0.2, -0.15) is 0 Å². The highest BCUT2D eigenvalue weighted by atomic mass is 16.3. The molecule has 124 heavy (non-hydrogen) atoms. The number of aromatic nitrogens is 8. The van der Waals surface area contributed by atoms with Gasteiger partial charge >= 0.3 is 0 Å². The fraction of sp³-hybridized carbons (Fsp3) is 0. The number of rotatable bonds is 14. The van der Waals surface area contributed by atoms with Crippen molar-refractivity contribution in [3.63, 3.8) is 0 Å². The second-order valence-electron chi connectivity index (χ2n) is 31.1. The summed E-state index contributed by atoms with van der Waals surface area (Å²) >= 11 is 0. The summed E-state index contributed by atoms with van der Waals surface area (Å²) in [7, 11) is 0. The molecule has 0 N–H and O–H groups in total.